The zero-order valence-electron chi connectivity index (χ0n) is 11.6. The normalized spacial score (nSPS) is 21.0. The minimum absolute atomic E-state index is 0.261. The van der Waals surface area contributed by atoms with Crippen molar-refractivity contribution in [2.24, 2.45) is 0 Å². The van der Waals surface area contributed by atoms with Crippen molar-refractivity contribution in [3.8, 4) is 17.6 Å². The van der Waals surface area contributed by atoms with Crippen LogP contribution in [0.3, 0.4) is 0 Å². The first-order chi connectivity index (χ1) is 10.8. The zero-order valence-corrected chi connectivity index (χ0v) is 11.6. The lowest BCUT2D eigenvalue weighted by Crippen LogP contribution is -2.37. The van der Waals surface area contributed by atoms with Gasteiger partial charge in [-0.3, -0.25) is 0 Å². The number of rotatable bonds is 2. The Balaban J connectivity index is 2.37. The molecule has 0 heterocycles. The molecule has 2 rings (SSSR count). The number of benzene rings is 1. The quantitative estimate of drug-likeness (QED) is 0.204. The van der Waals surface area contributed by atoms with Crippen molar-refractivity contribution in [1.82, 2.24) is 0 Å². The Hall–Kier alpha value is -2.17. The molecule has 0 radical (unpaired) electrons. The maximum absolute atomic E-state index is 14.5. The van der Waals surface area contributed by atoms with Gasteiger partial charge in [-0.15, -0.1) is 0 Å². The SMILES string of the molecule is O=C(Oc1c(F)c(F)c(F)c(F)c1F)[C@@]1(F)C#CCCCCC1. The summed E-state index contributed by atoms with van der Waals surface area (Å²) in [6.07, 6.45) is 1.47. The van der Waals surface area contributed by atoms with Gasteiger partial charge in [0, 0.05) is 12.8 Å². The van der Waals surface area contributed by atoms with Crippen molar-refractivity contribution in [1.29, 1.82) is 0 Å². The molecule has 0 fully saturated rings. The third-order valence-electron chi connectivity index (χ3n) is 3.30. The lowest BCUT2D eigenvalue weighted by molar-refractivity contribution is -0.145. The van der Waals surface area contributed by atoms with Crippen LogP contribution in [0, 0.1) is 40.9 Å². The van der Waals surface area contributed by atoms with Gasteiger partial charge in [0.05, 0.1) is 0 Å². The molecule has 1 aliphatic rings. The van der Waals surface area contributed by atoms with Crippen LogP contribution in [-0.4, -0.2) is 11.6 Å². The number of carbonyl (C=O) groups is 1. The van der Waals surface area contributed by atoms with Crippen LogP contribution in [0.2, 0.25) is 0 Å². The van der Waals surface area contributed by atoms with Crippen molar-refractivity contribution < 1.29 is 35.9 Å². The second-order valence-corrected chi connectivity index (χ2v) is 4.95. The van der Waals surface area contributed by atoms with E-state index in [0.717, 1.165) is 0 Å². The van der Waals surface area contributed by atoms with Crippen LogP contribution in [0.25, 0.3) is 0 Å². The first kappa shape index (κ1) is 17.2. The van der Waals surface area contributed by atoms with Gasteiger partial charge in [0.1, 0.15) is 0 Å². The molecule has 1 atom stereocenters. The average molecular weight is 336 g/mol. The monoisotopic (exact) mass is 336 g/mol. The highest BCUT2D eigenvalue weighted by Gasteiger charge is 2.41. The van der Waals surface area contributed by atoms with E-state index < -0.39 is 52.9 Å². The van der Waals surface area contributed by atoms with Crippen molar-refractivity contribution in [2.45, 2.75) is 37.8 Å². The minimum atomic E-state index is -2.86. The first-order valence-electron chi connectivity index (χ1n) is 6.70. The van der Waals surface area contributed by atoms with E-state index in [1.165, 1.54) is 0 Å². The molecule has 0 amide bonds. The topological polar surface area (TPSA) is 26.3 Å². The Bertz CT molecular complexity index is 677. The summed E-state index contributed by atoms with van der Waals surface area (Å²) < 4.78 is 84.5. The molecule has 1 aromatic rings. The van der Waals surface area contributed by atoms with E-state index in [1.54, 1.807) is 0 Å². The summed E-state index contributed by atoms with van der Waals surface area (Å²) >= 11 is 0. The number of ether oxygens (including phenoxy) is 1. The summed E-state index contributed by atoms with van der Waals surface area (Å²) in [4.78, 5) is 11.8. The predicted octanol–water partition coefficient (Wildman–Crippen LogP) is 3.96. The molecule has 0 aromatic heterocycles. The van der Waals surface area contributed by atoms with Gasteiger partial charge in [-0.1, -0.05) is 18.3 Å². The standard InChI is InChI=1S/C15H10F6O2/c16-8-9(17)11(19)13(12(20)10(8)18)23-14(22)15(21)6-4-2-1-3-5-7-15/h1-4,6H2/t15-/m0/s1. The fraction of sp³-hybridized carbons (Fsp3) is 0.400. The Morgan fingerprint density at radius 2 is 1.48 bits per heavy atom. The summed E-state index contributed by atoms with van der Waals surface area (Å²) in [5, 5.41) is 0. The third kappa shape index (κ3) is 3.28. The molecule has 0 unspecified atom stereocenters. The van der Waals surface area contributed by atoms with Crippen molar-refractivity contribution in [2.75, 3.05) is 0 Å². The van der Waals surface area contributed by atoms with Crippen LogP contribution < -0.4 is 4.74 Å². The summed E-state index contributed by atoms with van der Waals surface area (Å²) in [6, 6.07) is 0. The van der Waals surface area contributed by atoms with Gasteiger partial charge < -0.3 is 4.74 Å². The fourth-order valence-corrected chi connectivity index (χ4v) is 2.02. The maximum Gasteiger partial charge on any atom is 0.362 e. The van der Waals surface area contributed by atoms with Crippen LogP contribution in [0.15, 0.2) is 0 Å². The molecule has 8 heteroatoms. The number of halogens is 6. The van der Waals surface area contributed by atoms with E-state index in [0.29, 0.717) is 19.3 Å². The van der Waals surface area contributed by atoms with Crippen molar-refractivity contribution >= 4 is 5.97 Å². The Morgan fingerprint density at radius 1 is 0.913 bits per heavy atom. The Kier molecular flexibility index (Phi) is 4.88. The summed E-state index contributed by atoms with van der Waals surface area (Å²) in [5.41, 5.74) is -2.86. The second-order valence-electron chi connectivity index (χ2n) is 4.95. The molecule has 0 spiro atoms. The number of esters is 1. The molecule has 1 aromatic carbocycles. The molecule has 0 bridgehead atoms. The van der Waals surface area contributed by atoms with Gasteiger partial charge in [0.2, 0.25) is 34.8 Å². The fourth-order valence-electron chi connectivity index (χ4n) is 2.02. The van der Waals surface area contributed by atoms with E-state index in [9.17, 15) is 31.1 Å². The summed E-state index contributed by atoms with van der Waals surface area (Å²) in [6.45, 7) is 0. The maximum atomic E-state index is 14.5. The minimum Gasteiger partial charge on any atom is -0.417 e. The van der Waals surface area contributed by atoms with E-state index in [2.05, 4.69) is 10.7 Å². The molecule has 1 aliphatic carbocycles. The molecule has 23 heavy (non-hydrogen) atoms. The summed E-state index contributed by atoms with van der Waals surface area (Å²) in [5.74, 6) is -10.9. The first-order valence-corrected chi connectivity index (χ1v) is 6.70. The number of hydrogen-bond donors (Lipinski definition) is 0. The molecule has 0 aliphatic heterocycles. The van der Waals surface area contributed by atoms with E-state index >= 15 is 0 Å². The molecule has 124 valence electrons. The molecular weight excluding hydrogens is 326 g/mol. The highest BCUT2D eigenvalue weighted by Crippen LogP contribution is 2.31. The van der Waals surface area contributed by atoms with Crippen molar-refractivity contribution in [3.05, 3.63) is 29.1 Å². The lowest BCUT2D eigenvalue weighted by atomic mass is 9.95. The second kappa shape index (κ2) is 6.52. The van der Waals surface area contributed by atoms with E-state index in [-0.39, 0.29) is 6.42 Å². The average Bonchev–Trinajstić information content (AvgIpc) is 2.51. The number of hydrogen-bond acceptors (Lipinski definition) is 2. The van der Waals surface area contributed by atoms with E-state index in [1.807, 2.05) is 5.92 Å². The van der Waals surface area contributed by atoms with Crippen LogP contribution >= 0.6 is 0 Å². The molecule has 0 saturated carbocycles. The molecule has 0 saturated heterocycles. The molecule has 2 nitrogen and oxygen atoms in total. The van der Waals surface area contributed by atoms with Gasteiger partial charge in [-0.25, -0.2) is 22.4 Å². The largest absolute Gasteiger partial charge is 0.417 e. The molecule has 0 N–H and O–H groups in total. The highest BCUT2D eigenvalue weighted by molar-refractivity contribution is 5.85. The zero-order chi connectivity index (χ0) is 17.2. The van der Waals surface area contributed by atoms with Crippen LogP contribution in [0.5, 0.6) is 5.75 Å². The van der Waals surface area contributed by atoms with Crippen LogP contribution in [0.4, 0.5) is 26.3 Å². The smallest absolute Gasteiger partial charge is 0.362 e. The number of alkyl halides is 1. The van der Waals surface area contributed by atoms with E-state index in [4.69, 9.17) is 0 Å². The molecular formula is C15H10F6O2. The summed E-state index contributed by atoms with van der Waals surface area (Å²) in [7, 11) is 0. The Morgan fingerprint density at radius 3 is 2.09 bits per heavy atom. The Labute approximate surface area is 127 Å². The van der Waals surface area contributed by atoms with Crippen LogP contribution in [0.1, 0.15) is 32.1 Å². The van der Waals surface area contributed by atoms with Gasteiger partial charge in [-0.2, -0.15) is 8.78 Å². The van der Waals surface area contributed by atoms with Gasteiger partial charge >= 0.3 is 5.97 Å². The van der Waals surface area contributed by atoms with Gasteiger partial charge in [-0.05, 0) is 12.8 Å². The van der Waals surface area contributed by atoms with Gasteiger partial charge in [0.25, 0.3) is 5.67 Å². The van der Waals surface area contributed by atoms with Crippen molar-refractivity contribution in [3.63, 3.8) is 0 Å². The van der Waals surface area contributed by atoms with Gasteiger partial charge in [0.15, 0.2) is 0 Å². The third-order valence-corrected chi connectivity index (χ3v) is 3.30. The predicted molar refractivity (Wildman–Crippen MR) is 66.6 cm³/mol. The lowest BCUT2D eigenvalue weighted by Gasteiger charge is -2.19. The highest BCUT2D eigenvalue weighted by atomic mass is 19.2. The number of carbonyl (C=O) groups excluding carboxylic acids is 1. The van der Waals surface area contributed by atoms with Crippen LogP contribution in [-0.2, 0) is 4.79 Å².